The predicted octanol–water partition coefficient (Wildman–Crippen LogP) is 0.854. The molecule has 2 aromatic heterocycles. The van der Waals surface area contributed by atoms with Crippen LogP contribution in [0.2, 0.25) is 0 Å². The zero-order valence-electron chi connectivity index (χ0n) is 5.37. The number of carboxylic acids is 1. The van der Waals surface area contributed by atoms with Crippen molar-refractivity contribution < 1.29 is 14.4 Å². The van der Waals surface area contributed by atoms with Crippen LogP contribution in [-0.2, 0) is 0 Å². The number of nitrogens with zero attached hydrogens (tertiary/aromatic N) is 1. The molecule has 0 aliphatic carbocycles. The molecule has 56 valence electrons. The van der Waals surface area contributed by atoms with Crippen molar-refractivity contribution in [2.45, 2.75) is 0 Å². The van der Waals surface area contributed by atoms with Crippen LogP contribution in [0.1, 0.15) is 10.5 Å². The third kappa shape index (κ3) is 0.778. The van der Waals surface area contributed by atoms with Gasteiger partial charge in [-0.1, -0.05) is 5.16 Å². The Hall–Kier alpha value is -1.78. The van der Waals surface area contributed by atoms with Crippen molar-refractivity contribution in [3.8, 4) is 0 Å². The molecule has 0 aromatic carbocycles. The summed E-state index contributed by atoms with van der Waals surface area (Å²) in [7, 11) is 0. The zero-order chi connectivity index (χ0) is 7.84. The highest BCUT2D eigenvalue weighted by Gasteiger charge is 2.08. The van der Waals surface area contributed by atoms with E-state index in [-0.39, 0.29) is 5.69 Å². The molecule has 5 nitrogen and oxygen atoms in total. The molecule has 2 N–H and O–H groups in total. The maximum absolute atomic E-state index is 10.4. The van der Waals surface area contributed by atoms with Crippen LogP contribution in [0.15, 0.2) is 16.9 Å². The minimum atomic E-state index is -0.997. The molecule has 0 bridgehead atoms. The summed E-state index contributed by atoms with van der Waals surface area (Å²) in [4.78, 5) is 13.0. The Labute approximate surface area is 60.6 Å². The number of aromatic amines is 1. The average molecular weight is 152 g/mol. The number of fused-ring (bicyclic) bond motifs is 1. The molecule has 5 heteroatoms. The van der Waals surface area contributed by atoms with E-state index >= 15 is 0 Å². The normalized spacial score (nSPS) is 10.5. The molecule has 0 fully saturated rings. The maximum Gasteiger partial charge on any atom is 0.352 e. The van der Waals surface area contributed by atoms with Crippen LogP contribution in [0, 0.1) is 0 Å². The standard InChI is InChI=1S/C6H4N2O3/c9-6(10)4-1-3-5(7-4)2-11-8-3/h1-2,7H,(H,9,10). The number of hydrogen-bond donors (Lipinski definition) is 2. The van der Waals surface area contributed by atoms with Crippen LogP contribution in [0.5, 0.6) is 0 Å². The van der Waals surface area contributed by atoms with Gasteiger partial charge in [0.1, 0.15) is 23.0 Å². The summed E-state index contributed by atoms with van der Waals surface area (Å²) in [5, 5.41) is 12.1. The third-order valence-electron chi connectivity index (χ3n) is 1.38. The van der Waals surface area contributed by atoms with E-state index in [0.717, 1.165) is 0 Å². The van der Waals surface area contributed by atoms with Crippen molar-refractivity contribution in [1.82, 2.24) is 10.1 Å². The topological polar surface area (TPSA) is 79.1 Å². The van der Waals surface area contributed by atoms with E-state index in [1.54, 1.807) is 0 Å². The minimum absolute atomic E-state index is 0.123. The molecule has 0 aliphatic rings. The van der Waals surface area contributed by atoms with Gasteiger partial charge in [-0.05, 0) is 0 Å². The molecule has 0 saturated heterocycles. The second kappa shape index (κ2) is 1.85. The molecular formula is C6H4N2O3. The van der Waals surface area contributed by atoms with Gasteiger partial charge < -0.3 is 14.6 Å². The number of H-pyrrole nitrogens is 1. The Morgan fingerprint density at radius 1 is 1.73 bits per heavy atom. The van der Waals surface area contributed by atoms with Crippen molar-refractivity contribution >= 4 is 17.0 Å². The van der Waals surface area contributed by atoms with Crippen molar-refractivity contribution in [3.05, 3.63) is 18.0 Å². The van der Waals surface area contributed by atoms with E-state index in [4.69, 9.17) is 5.11 Å². The summed E-state index contributed by atoms with van der Waals surface area (Å²) < 4.78 is 4.57. The molecule has 0 amide bonds. The van der Waals surface area contributed by atoms with E-state index in [2.05, 4.69) is 14.7 Å². The fourth-order valence-electron chi connectivity index (χ4n) is 0.876. The third-order valence-corrected chi connectivity index (χ3v) is 1.38. The maximum atomic E-state index is 10.4. The Kier molecular flexibility index (Phi) is 1.00. The lowest BCUT2D eigenvalue weighted by atomic mass is 10.4. The molecule has 0 spiro atoms. The lowest BCUT2D eigenvalue weighted by Crippen LogP contribution is -1.94. The molecule has 11 heavy (non-hydrogen) atoms. The summed E-state index contributed by atoms with van der Waals surface area (Å²) in [6.45, 7) is 0. The number of carboxylic acid groups (broad SMARTS) is 1. The fourth-order valence-corrected chi connectivity index (χ4v) is 0.876. The van der Waals surface area contributed by atoms with Crippen molar-refractivity contribution in [2.24, 2.45) is 0 Å². The Morgan fingerprint density at radius 2 is 2.55 bits per heavy atom. The molecule has 2 aromatic rings. The average Bonchev–Trinajstić information content (AvgIpc) is 2.40. The van der Waals surface area contributed by atoms with Gasteiger partial charge in [0, 0.05) is 6.07 Å². The molecule has 0 radical (unpaired) electrons. The van der Waals surface area contributed by atoms with Crippen LogP contribution in [-0.4, -0.2) is 21.2 Å². The van der Waals surface area contributed by atoms with Crippen LogP contribution in [0.4, 0.5) is 0 Å². The van der Waals surface area contributed by atoms with E-state index < -0.39 is 5.97 Å². The quantitative estimate of drug-likeness (QED) is 0.634. The number of hydrogen-bond acceptors (Lipinski definition) is 3. The van der Waals surface area contributed by atoms with Gasteiger partial charge in [0.2, 0.25) is 0 Å². The molecule has 0 atom stereocenters. The van der Waals surface area contributed by atoms with E-state index in [9.17, 15) is 4.79 Å². The minimum Gasteiger partial charge on any atom is -0.477 e. The van der Waals surface area contributed by atoms with Gasteiger partial charge in [-0.25, -0.2) is 4.79 Å². The Balaban J connectivity index is 2.67. The molecular weight excluding hydrogens is 148 g/mol. The Bertz CT molecular complexity index is 372. The van der Waals surface area contributed by atoms with Crippen LogP contribution < -0.4 is 0 Å². The lowest BCUT2D eigenvalue weighted by Gasteiger charge is -1.82. The second-order valence-corrected chi connectivity index (χ2v) is 2.10. The number of carbonyl (C=O) groups is 1. The highest BCUT2D eigenvalue weighted by Crippen LogP contribution is 2.12. The number of aromatic nitrogens is 2. The van der Waals surface area contributed by atoms with Gasteiger partial charge in [-0.15, -0.1) is 0 Å². The molecule has 2 heterocycles. The van der Waals surface area contributed by atoms with E-state index in [1.165, 1.54) is 12.3 Å². The van der Waals surface area contributed by atoms with Gasteiger partial charge in [-0.2, -0.15) is 0 Å². The van der Waals surface area contributed by atoms with Gasteiger partial charge in [0.15, 0.2) is 0 Å². The van der Waals surface area contributed by atoms with Gasteiger partial charge in [0.25, 0.3) is 0 Å². The molecule has 0 aliphatic heterocycles. The van der Waals surface area contributed by atoms with Gasteiger partial charge in [0.05, 0.1) is 0 Å². The monoisotopic (exact) mass is 152 g/mol. The SMILES string of the molecule is O=C(O)c1cc2nocc2[nH]1. The van der Waals surface area contributed by atoms with Gasteiger partial charge in [-0.3, -0.25) is 0 Å². The van der Waals surface area contributed by atoms with Gasteiger partial charge >= 0.3 is 5.97 Å². The zero-order valence-corrected chi connectivity index (χ0v) is 5.37. The Morgan fingerprint density at radius 3 is 3.18 bits per heavy atom. The summed E-state index contributed by atoms with van der Waals surface area (Å²) in [6, 6.07) is 1.42. The second-order valence-electron chi connectivity index (χ2n) is 2.10. The lowest BCUT2D eigenvalue weighted by molar-refractivity contribution is 0.0691. The largest absolute Gasteiger partial charge is 0.477 e. The summed E-state index contributed by atoms with van der Waals surface area (Å²) in [5.74, 6) is -0.997. The van der Waals surface area contributed by atoms with Crippen molar-refractivity contribution in [1.29, 1.82) is 0 Å². The van der Waals surface area contributed by atoms with E-state index in [1.807, 2.05) is 0 Å². The smallest absolute Gasteiger partial charge is 0.352 e. The first-order chi connectivity index (χ1) is 5.27. The fraction of sp³-hybridized carbons (Fsp3) is 0. The number of nitrogens with one attached hydrogen (secondary N) is 1. The van der Waals surface area contributed by atoms with Crippen LogP contribution in [0.3, 0.4) is 0 Å². The predicted molar refractivity (Wildman–Crippen MR) is 35.3 cm³/mol. The number of aromatic carboxylic acids is 1. The van der Waals surface area contributed by atoms with E-state index in [0.29, 0.717) is 11.0 Å². The van der Waals surface area contributed by atoms with Crippen LogP contribution in [0.25, 0.3) is 11.0 Å². The summed E-state index contributed by atoms with van der Waals surface area (Å²) in [5.41, 5.74) is 1.25. The first kappa shape index (κ1) is 5.96. The summed E-state index contributed by atoms with van der Waals surface area (Å²) in [6.07, 6.45) is 1.36. The highest BCUT2D eigenvalue weighted by atomic mass is 16.5. The molecule has 0 unspecified atom stereocenters. The number of rotatable bonds is 1. The highest BCUT2D eigenvalue weighted by molar-refractivity contribution is 5.91. The first-order valence-electron chi connectivity index (χ1n) is 2.94. The summed E-state index contributed by atoms with van der Waals surface area (Å²) >= 11 is 0. The van der Waals surface area contributed by atoms with Crippen molar-refractivity contribution in [3.63, 3.8) is 0 Å². The van der Waals surface area contributed by atoms with Crippen molar-refractivity contribution in [2.75, 3.05) is 0 Å². The molecule has 2 rings (SSSR count). The first-order valence-corrected chi connectivity index (χ1v) is 2.94. The molecule has 0 saturated carbocycles. The van der Waals surface area contributed by atoms with Crippen LogP contribution >= 0.6 is 0 Å².